The van der Waals surface area contributed by atoms with Gasteiger partial charge in [-0.25, -0.2) is 0 Å². The van der Waals surface area contributed by atoms with Gasteiger partial charge in [-0.2, -0.15) is 0 Å². The number of carbonyl (C=O) groups is 1. The molecule has 25 heavy (non-hydrogen) atoms. The van der Waals surface area contributed by atoms with Crippen LogP contribution in [0.4, 0.5) is 5.69 Å². The van der Waals surface area contributed by atoms with Crippen LogP contribution in [0.25, 0.3) is 0 Å². The van der Waals surface area contributed by atoms with Crippen molar-refractivity contribution in [1.29, 1.82) is 0 Å². The van der Waals surface area contributed by atoms with E-state index in [2.05, 4.69) is 22.0 Å². The van der Waals surface area contributed by atoms with Gasteiger partial charge in [0.25, 0.3) is 0 Å². The van der Waals surface area contributed by atoms with Gasteiger partial charge in [0.1, 0.15) is 6.04 Å². The molecule has 2 aromatic rings. The molecule has 1 N–H and O–H groups in total. The van der Waals surface area contributed by atoms with Crippen LogP contribution in [0, 0.1) is 6.92 Å². The SMILES string of the molecule is CCN1CCN([C@H](C(=O)Nc2ccc(C)cc2)c2ccccc2)CC1. The first-order chi connectivity index (χ1) is 12.2. The first-order valence-corrected chi connectivity index (χ1v) is 9.06. The lowest BCUT2D eigenvalue weighted by Crippen LogP contribution is -2.49. The maximum Gasteiger partial charge on any atom is 0.246 e. The van der Waals surface area contributed by atoms with E-state index in [0.717, 1.165) is 44.0 Å². The molecule has 3 rings (SSSR count). The summed E-state index contributed by atoms with van der Waals surface area (Å²) >= 11 is 0. The van der Waals surface area contributed by atoms with Crippen LogP contribution in [0.1, 0.15) is 24.1 Å². The second kappa shape index (κ2) is 8.28. The van der Waals surface area contributed by atoms with Crippen LogP contribution in [0.3, 0.4) is 0 Å². The van der Waals surface area contributed by atoms with Gasteiger partial charge < -0.3 is 10.2 Å². The highest BCUT2D eigenvalue weighted by molar-refractivity contribution is 5.95. The summed E-state index contributed by atoms with van der Waals surface area (Å²) in [6, 6.07) is 17.8. The predicted octanol–water partition coefficient (Wildman–Crippen LogP) is 3.31. The Bertz CT molecular complexity index is 676. The standard InChI is InChI=1S/C21H27N3O/c1-3-23-13-15-24(16-14-23)20(18-7-5-4-6-8-18)21(25)22-19-11-9-17(2)10-12-19/h4-12,20H,3,13-16H2,1-2H3,(H,22,25)/t20-/m0/s1. The first-order valence-electron chi connectivity index (χ1n) is 9.06. The van der Waals surface area contributed by atoms with Crippen molar-refractivity contribution in [1.82, 2.24) is 9.80 Å². The van der Waals surface area contributed by atoms with Crippen molar-refractivity contribution in [2.45, 2.75) is 19.9 Å². The average Bonchev–Trinajstić information content (AvgIpc) is 2.65. The topological polar surface area (TPSA) is 35.6 Å². The fraction of sp³-hybridized carbons (Fsp3) is 0.381. The van der Waals surface area contributed by atoms with Crippen LogP contribution in [0.5, 0.6) is 0 Å². The molecule has 1 amide bonds. The molecule has 2 aromatic carbocycles. The molecule has 1 fully saturated rings. The van der Waals surface area contributed by atoms with Gasteiger partial charge >= 0.3 is 0 Å². The minimum atomic E-state index is -0.249. The first kappa shape index (κ1) is 17.6. The van der Waals surface area contributed by atoms with E-state index in [-0.39, 0.29) is 11.9 Å². The van der Waals surface area contributed by atoms with E-state index in [9.17, 15) is 4.79 Å². The molecular weight excluding hydrogens is 310 g/mol. The second-order valence-electron chi connectivity index (χ2n) is 6.64. The Kier molecular flexibility index (Phi) is 5.84. The van der Waals surface area contributed by atoms with Crippen LogP contribution >= 0.6 is 0 Å². The van der Waals surface area contributed by atoms with Crippen LogP contribution in [0.15, 0.2) is 54.6 Å². The molecule has 1 aliphatic heterocycles. The van der Waals surface area contributed by atoms with Crippen LogP contribution in [-0.2, 0) is 4.79 Å². The van der Waals surface area contributed by atoms with Crippen molar-refractivity contribution in [2.24, 2.45) is 0 Å². The van der Waals surface area contributed by atoms with Gasteiger partial charge in [0, 0.05) is 31.9 Å². The molecule has 1 heterocycles. The lowest BCUT2D eigenvalue weighted by atomic mass is 10.0. The number of amides is 1. The summed E-state index contributed by atoms with van der Waals surface area (Å²) in [5.41, 5.74) is 3.09. The molecule has 0 spiro atoms. The molecule has 1 saturated heterocycles. The van der Waals surface area contributed by atoms with E-state index in [4.69, 9.17) is 0 Å². The number of rotatable bonds is 5. The number of hydrogen-bond donors (Lipinski definition) is 1. The van der Waals surface area contributed by atoms with Crippen molar-refractivity contribution in [3.05, 3.63) is 65.7 Å². The number of piperazine rings is 1. The Balaban J connectivity index is 1.78. The highest BCUT2D eigenvalue weighted by Crippen LogP contribution is 2.24. The van der Waals surface area contributed by atoms with Crippen LogP contribution in [-0.4, -0.2) is 48.4 Å². The lowest BCUT2D eigenvalue weighted by Gasteiger charge is -2.38. The third-order valence-corrected chi connectivity index (χ3v) is 4.90. The number of nitrogens with zero attached hydrogens (tertiary/aromatic N) is 2. The third-order valence-electron chi connectivity index (χ3n) is 4.90. The van der Waals surface area contributed by atoms with Gasteiger partial charge in [-0.05, 0) is 31.2 Å². The number of aryl methyl sites for hydroxylation is 1. The van der Waals surface area contributed by atoms with Gasteiger partial charge in [0.05, 0.1) is 0 Å². The fourth-order valence-corrected chi connectivity index (χ4v) is 3.35. The molecule has 4 nitrogen and oxygen atoms in total. The molecule has 0 bridgehead atoms. The largest absolute Gasteiger partial charge is 0.324 e. The lowest BCUT2D eigenvalue weighted by molar-refractivity contribution is -0.122. The maximum absolute atomic E-state index is 13.1. The molecule has 1 atom stereocenters. The number of likely N-dealkylation sites (N-methyl/N-ethyl adjacent to an activating group) is 1. The molecule has 0 radical (unpaired) electrons. The Morgan fingerprint density at radius 1 is 1.00 bits per heavy atom. The molecule has 0 aromatic heterocycles. The Labute approximate surface area is 150 Å². The number of anilines is 1. The van der Waals surface area contributed by atoms with E-state index in [1.807, 2.05) is 61.5 Å². The third kappa shape index (κ3) is 4.47. The zero-order valence-corrected chi connectivity index (χ0v) is 15.1. The second-order valence-corrected chi connectivity index (χ2v) is 6.64. The number of nitrogens with one attached hydrogen (secondary N) is 1. The molecule has 0 aliphatic carbocycles. The van der Waals surface area contributed by atoms with E-state index < -0.39 is 0 Å². The number of carbonyl (C=O) groups excluding carboxylic acids is 1. The fourth-order valence-electron chi connectivity index (χ4n) is 3.35. The van der Waals surface area contributed by atoms with E-state index in [1.165, 1.54) is 5.56 Å². The smallest absolute Gasteiger partial charge is 0.246 e. The Morgan fingerprint density at radius 3 is 2.24 bits per heavy atom. The minimum Gasteiger partial charge on any atom is -0.324 e. The summed E-state index contributed by atoms with van der Waals surface area (Å²) < 4.78 is 0. The quantitative estimate of drug-likeness (QED) is 0.909. The van der Waals surface area contributed by atoms with E-state index in [0.29, 0.717) is 0 Å². The van der Waals surface area contributed by atoms with Crippen molar-refractivity contribution < 1.29 is 4.79 Å². The van der Waals surface area contributed by atoms with Crippen LogP contribution < -0.4 is 5.32 Å². The van der Waals surface area contributed by atoms with Crippen LogP contribution in [0.2, 0.25) is 0 Å². The summed E-state index contributed by atoms with van der Waals surface area (Å²) in [6.45, 7) is 9.15. The highest BCUT2D eigenvalue weighted by Gasteiger charge is 2.30. The molecule has 0 saturated carbocycles. The van der Waals surface area contributed by atoms with Crippen molar-refractivity contribution in [3.8, 4) is 0 Å². The Hall–Kier alpha value is -2.17. The van der Waals surface area contributed by atoms with Gasteiger partial charge in [-0.1, -0.05) is 55.0 Å². The number of hydrogen-bond acceptors (Lipinski definition) is 3. The van der Waals surface area contributed by atoms with E-state index in [1.54, 1.807) is 0 Å². The normalized spacial score (nSPS) is 17.2. The predicted molar refractivity (Wildman–Crippen MR) is 103 cm³/mol. The molecular formula is C21H27N3O. The summed E-state index contributed by atoms with van der Waals surface area (Å²) in [5, 5.41) is 3.10. The highest BCUT2D eigenvalue weighted by atomic mass is 16.2. The minimum absolute atomic E-state index is 0.0417. The monoisotopic (exact) mass is 337 g/mol. The van der Waals surface area contributed by atoms with Gasteiger partial charge in [0.15, 0.2) is 0 Å². The van der Waals surface area contributed by atoms with Crippen molar-refractivity contribution >= 4 is 11.6 Å². The summed E-state index contributed by atoms with van der Waals surface area (Å²) in [7, 11) is 0. The molecule has 132 valence electrons. The summed E-state index contributed by atoms with van der Waals surface area (Å²) in [6.07, 6.45) is 0. The van der Waals surface area contributed by atoms with Gasteiger partial charge in [0.2, 0.25) is 5.91 Å². The van der Waals surface area contributed by atoms with Gasteiger partial charge in [-0.3, -0.25) is 9.69 Å². The van der Waals surface area contributed by atoms with Gasteiger partial charge in [-0.15, -0.1) is 0 Å². The Morgan fingerprint density at radius 2 is 1.64 bits per heavy atom. The zero-order valence-electron chi connectivity index (χ0n) is 15.1. The zero-order chi connectivity index (χ0) is 17.6. The summed E-state index contributed by atoms with van der Waals surface area (Å²) in [4.78, 5) is 17.8. The summed E-state index contributed by atoms with van der Waals surface area (Å²) in [5.74, 6) is 0.0417. The number of benzene rings is 2. The average molecular weight is 337 g/mol. The maximum atomic E-state index is 13.1. The molecule has 0 unspecified atom stereocenters. The molecule has 1 aliphatic rings. The van der Waals surface area contributed by atoms with E-state index >= 15 is 0 Å². The van der Waals surface area contributed by atoms with Crippen molar-refractivity contribution in [2.75, 3.05) is 38.0 Å². The molecule has 4 heteroatoms. The van der Waals surface area contributed by atoms with Crippen molar-refractivity contribution in [3.63, 3.8) is 0 Å².